The molecule has 1 N–H and O–H groups in total. The Balaban J connectivity index is 2.30. The van der Waals surface area contributed by atoms with Crippen molar-refractivity contribution >= 4 is 0 Å². The summed E-state index contributed by atoms with van der Waals surface area (Å²) in [4.78, 5) is 0. The quantitative estimate of drug-likeness (QED) is 0.819. The van der Waals surface area contributed by atoms with E-state index in [0.717, 1.165) is 6.42 Å². The highest BCUT2D eigenvalue weighted by Crippen LogP contribution is 2.35. The molecule has 2 atom stereocenters. The first-order valence-corrected chi connectivity index (χ1v) is 7.43. The van der Waals surface area contributed by atoms with Gasteiger partial charge in [-0.2, -0.15) is 0 Å². The number of hydrogen-bond acceptors (Lipinski definition) is 1. The van der Waals surface area contributed by atoms with Gasteiger partial charge in [0.05, 0.1) is 0 Å². The molecule has 20 heavy (non-hydrogen) atoms. The van der Waals surface area contributed by atoms with Crippen LogP contribution in [0.5, 0.6) is 0 Å². The maximum absolute atomic E-state index is 9.31. The van der Waals surface area contributed by atoms with Gasteiger partial charge in [-0.25, -0.2) is 0 Å². The van der Waals surface area contributed by atoms with E-state index in [9.17, 15) is 5.11 Å². The smallest absolute Gasteiger partial charge is 0.0456 e. The second kappa shape index (κ2) is 7.25. The zero-order valence-electron chi connectivity index (χ0n) is 12.4. The summed E-state index contributed by atoms with van der Waals surface area (Å²) in [6, 6.07) is 21.4. The van der Waals surface area contributed by atoms with E-state index in [-0.39, 0.29) is 6.61 Å². The van der Waals surface area contributed by atoms with E-state index in [0.29, 0.717) is 17.8 Å². The fraction of sp³-hybridized carbons (Fsp3) is 0.368. The summed E-state index contributed by atoms with van der Waals surface area (Å²) in [5.41, 5.74) is 2.72. The average molecular weight is 268 g/mol. The average Bonchev–Trinajstić information content (AvgIpc) is 2.49. The van der Waals surface area contributed by atoms with Crippen LogP contribution in [-0.2, 0) is 0 Å². The summed E-state index contributed by atoms with van der Waals surface area (Å²) < 4.78 is 0. The lowest BCUT2D eigenvalue weighted by Gasteiger charge is -2.27. The largest absolute Gasteiger partial charge is 0.396 e. The first-order chi connectivity index (χ1) is 9.72. The van der Waals surface area contributed by atoms with E-state index in [2.05, 4.69) is 74.5 Å². The minimum absolute atomic E-state index is 0.265. The summed E-state index contributed by atoms with van der Waals surface area (Å²) >= 11 is 0. The van der Waals surface area contributed by atoms with E-state index in [1.54, 1.807) is 0 Å². The standard InChI is InChI=1S/C19H24O/c1-15(14-20)13-16(2)19(17-9-5-3-6-10-17)18-11-7-4-8-12-18/h3-12,15-16,19-20H,13-14H2,1-2H3/t15?,16-/m1/s1. The Morgan fingerprint density at radius 2 is 1.25 bits per heavy atom. The molecule has 0 aliphatic heterocycles. The third-order valence-corrected chi connectivity index (χ3v) is 3.97. The van der Waals surface area contributed by atoms with E-state index >= 15 is 0 Å². The molecular formula is C19H24O. The third kappa shape index (κ3) is 3.71. The highest BCUT2D eigenvalue weighted by Gasteiger charge is 2.22. The second-order valence-corrected chi connectivity index (χ2v) is 5.80. The predicted molar refractivity (Wildman–Crippen MR) is 84.8 cm³/mol. The van der Waals surface area contributed by atoms with Gasteiger partial charge in [0.15, 0.2) is 0 Å². The summed E-state index contributed by atoms with van der Waals surface area (Å²) in [5, 5.41) is 9.31. The van der Waals surface area contributed by atoms with Crippen LogP contribution in [0.1, 0.15) is 37.3 Å². The van der Waals surface area contributed by atoms with Gasteiger partial charge in [-0.1, -0.05) is 74.5 Å². The van der Waals surface area contributed by atoms with E-state index in [1.165, 1.54) is 11.1 Å². The third-order valence-electron chi connectivity index (χ3n) is 3.97. The minimum Gasteiger partial charge on any atom is -0.396 e. The monoisotopic (exact) mass is 268 g/mol. The number of aliphatic hydroxyl groups excluding tert-OH is 1. The molecule has 0 radical (unpaired) electrons. The summed E-state index contributed by atoms with van der Waals surface area (Å²) in [6.07, 6.45) is 1.03. The van der Waals surface area contributed by atoms with Crippen molar-refractivity contribution in [2.24, 2.45) is 11.8 Å². The highest BCUT2D eigenvalue weighted by atomic mass is 16.3. The fourth-order valence-electron chi connectivity index (χ4n) is 3.02. The van der Waals surface area contributed by atoms with Crippen LogP contribution in [-0.4, -0.2) is 11.7 Å². The van der Waals surface area contributed by atoms with Crippen LogP contribution in [0.25, 0.3) is 0 Å². The van der Waals surface area contributed by atoms with Gasteiger partial charge in [-0.15, -0.1) is 0 Å². The van der Waals surface area contributed by atoms with Gasteiger partial charge in [0.1, 0.15) is 0 Å². The lowest BCUT2D eigenvalue weighted by atomic mass is 9.78. The summed E-state index contributed by atoms with van der Waals surface area (Å²) in [7, 11) is 0. The molecule has 0 amide bonds. The SMILES string of the molecule is CC(CO)C[C@@H](C)C(c1ccccc1)c1ccccc1. The van der Waals surface area contributed by atoms with Gasteiger partial charge < -0.3 is 5.11 Å². The molecule has 1 nitrogen and oxygen atoms in total. The van der Waals surface area contributed by atoms with Crippen molar-refractivity contribution < 1.29 is 5.11 Å². The Kier molecular flexibility index (Phi) is 5.37. The molecule has 106 valence electrons. The molecule has 0 fully saturated rings. The summed E-state index contributed by atoms with van der Waals surface area (Å²) in [5.74, 6) is 1.24. The molecule has 0 saturated heterocycles. The minimum atomic E-state index is 0.265. The Hall–Kier alpha value is -1.60. The molecule has 0 aliphatic carbocycles. The lowest BCUT2D eigenvalue weighted by molar-refractivity contribution is 0.211. The molecule has 0 aromatic heterocycles. The molecule has 2 aromatic rings. The lowest BCUT2D eigenvalue weighted by Crippen LogP contribution is -2.16. The van der Waals surface area contributed by atoms with Crippen LogP contribution in [0, 0.1) is 11.8 Å². The Bertz CT molecular complexity index is 452. The normalized spacial score (nSPS) is 14.2. The van der Waals surface area contributed by atoms with Crippen molar-refractivity contribution in [1.29, 1.82) is 0 Å². The topological polar surface area (TPSA) is 20.2 Å². The van der Waals surface area contributed by atoms with Crippen molar-refractivity contribution in [2.75, 3.05) is 6.61 Å². The highest BCUT2D eigenvalue weighted by molar-refractivity contribution is 5.33. The zero-order valence-corrected chi connectivity index (χ0v) is 12.4. The summed E-state index contributed by atoms with van der Waals surface area (Å²) in [6.45, 7) is 4.67. The molecule has 0 heterocycles. The van der Waals surface area contributed by atoms with Crippen molar-refractivity contribution in [1.82, 2.24) is 0 Å². The Morgan fingerprint density at radius 3 is 1.65 bits per heavy atom. The van der Waals surface area contributed by atoms with Crippen LogP contribution >= 0.6 is 0 Å². The number of hydrogen-bond donors (Lipinski definition) is 1. The van der Waals surface area contributed by atoms with Crippen molar-refractivity contribution in [3.63, 3.8) is 0 Å². The van der Waals surface area contributed by atoms with Gasteiger partial charge in [-0.3, -0.25) is 0 Å². The molecule has 0 bridgehead atoms. The molecule has 1 unspecified atom stereocenters. The zero-order chi connectivity index (χ0) is 14.4. The Labute approximate surface area is 122 Å². The van der Waals surface area contributed by atoms with Crippen LogP contribution in [0.2, 0.25) is 0 Å². The molecular weight excluding hydrogens is 244 g/mol. The van der Waals surface area contributed by atoms with E-state index in [1.807, 2.05) is 0 Å². The predicted octanol–water partition coefficient (Wildman–Crippen LogP) is 4.47. The van der Waals surface area contributed by atoms with Gasteiger partial charge >= 0.3 is 0 Å². The molecule has 0 aliphatic rings. The number of benzene rings is 2. The van der Waals surface area contributed by atoms with Gasteiger partial charge in [0.2, 0.25) is 0 Å². The van der Waals surface area contributed by atoms with Crippen molar-refractivity contribution in [3.05, 3.63) is 71.8 Å². The van der Waals surface area contributed by atoms with Crippen molar-refractivity contribution in [3.8, 4) is 0 Å². The molecule has 0 saturated carbocycles. The van der Waals surface area contributed by atoms with Gasteiger partial charge in [0.25, 0.3) is 0 Å². The van der Waals surface area contributed by atoms with E-state index < -0.39 is 0 Å². The van der Waals surface area contributed by atoms with Crippen LogP contribution in [0.3, 0.4) is 0 Å². The molecule has 1 heteroatoms. The van der Waals surface area contributed by atoms with Crippen LogP contribution < -0.4 is 0 Å². The first kappa shape index (κ1) is 14.8. The number of aliphatic hydroxyl groups is 1. The van der Waals surface area contributed by atoms with E-state index in [4.69, 9.17) is 0 Å². The second-order valence-electron chi connectivity index (χ2n) is 5.80. The maximum atomic E-state index is 9.31. The van der Waals surface area contributed by atoms with Crippen molar-refractivity contribution in [2.45, 2.75) is 26.2 Å². The van der Waals surface area contributed by atoms with Crippen LogP contribution in [0.4, 0.5) is 0 Å². The fourth-order valence-corrected chi connectivity index (χ4v) is 3.02. The molecule has 2 aromatic carbocycles. The van der Waals surface area contributed by atoms with Gasteiger partial charge in [0, 0.05) is 12.5 Å². The number of rotatable bonds is 6. The maximum Gasteiger partial charge on any atom is 0.0456 e. The first-order valence-electron chi connectivity index (χ1n) is 7.43. The molecule has 0 spiro atoms. The van der Waals surface area contributed by atoms with Gasteiger partial charge in [-0.05, 0) is 29.4 Å². The van der Waals surface area contributed by atoms with Crippen LogP contribution in [0.15, 0.2) is 60.7 Å². The Morgan fingerprint density at radius 1 is 0.800 bits per heavy atom. The molecule has 2 rings (SSSR count).